The molecule has 1 N–H and O–H groups in total. The fourth-order valence-corrected chi connectivity index (χ4v) is 3.99. The molecule has 1 aromatic rings. The first-order valence-corrected chi connectivity index (χ1v) is 8.86. The van der Waals surface area contributed by atoms with Crippen molar-refractivity contribution in [1.29, 1.82) is 0 Å². The van der Waals surface area contributed by atoms with Gasteiger partial charge in [-0.05, 0) is 25.5 Å². The van der Waals surface area contributed by atoms with Crippen molar-refractivity contribution in [1.82, 2.24) is 15.3 Å². The second-order valence-electron chi connectivity index (χ2n) is 5.76. The van der Waals surface area contributed by atoms with E-state index in [9.17, 15) is 4.79 Å². The lowest BCUT2D eigenvalue weighted by molar-refractivity contribution is -0.123. The first kappa shape index (κ1) is 14.6. The minimum Gasteiger partial charge on any atom is -0.354 e. The molecule has 114 valence electrons. The highest BCUT2D eigenvalue weighted by molar-refractivity contribution is 7.98. The number of amides is 1. The first-order chi connectivity index (χ1) is 10.2. The fourth-order valence-electron chi connectivity index (χ4n) is 3.65. The Morgan fingerprint density at radius 1 is 1.48 bits per heavy atom. The van der Waals surface area contributed by atoms with Crippen LogP contribution in [0.3, 0.4) is 0 Å². The van der Waals surface area contributed by atoms with Crippen molar-refractivity contribution >= 4 is 23.5 Å². The normalized spacial score (nSPS) is 24.0. The molecule has 1 spiro atoms. The van der Waals surface area contributed by atoms with E-state index >= 15 is 0 Å². The van der Waals surface area contributed by atoms with E-state index in [1.165, 1.54) is 0 Å². The van der Waals surface area contributed by atoms with Crippen molar-refractivity contribution < 1.29 is 4.79 Å². The van der Waals surface area contributed by atoms with E-state index in [1.807, 2.05) is 12.5 Å². The third-order valence-corrected chi connectivity index (χ3v) is 5.29. The maximum atomic E-state index is 12.6. The average Bonchev–Trinajstić information content (AvgIpc) is 3.02. The number of hydrogen-bond acceptors (Lipinski definition) is 5. The van der Waals surface area contributed by atoms with E-state index in [4.69, 9.17) is 4.98 Å². The van der Waals surface area contributed by atoms with E-state index in [-0.39, 0.29) is 5.91 Å². The maximum Gasteiger partial charge on any atom is 0.246 e. The number of carbonyl (C=O) groups is 1. The smallest absolute Gasteiger partial charge is 0.246 e. The number of thioether (sulfide) groups is 1. The van der Waals surface area contributed by atoms with Crippen molar-refractivity contribution in [3.8, 4) is 0 Å². The Hall–Kier alpha value is -1.30. The van der Waals surface area contributed by atoms with Crippen LogP contribution in [0, 0.1) is 0 Å². The highest BCUT2D eigenvalue weighted by Crippen LogP contribution is 2.44. The molecule has 1 atom stereocenters. The van der Waals surface area contributed by atoms with Gasteiger partial charge in [-0.25, -0.2) is 9.97 Å². The van der Waals surface area contributed by atoms with Gasteiger partial charge in [0.05, 0.1) is 0 Å². The second-order valence-corrected chi connectivity index (χ2v) is 6.53. The van der Waals surface area contributed by atoms with Crippen LogP contribution in [0.1, 0.15) is 38.7 Å². The Balaban J connectivity index is 2.11. The third kappa shape index (κ3) is 2.11. The Bertz CT molecular complexity index is 561. The topological polar surface area (TPSA) is 58.1 Å². The van der Waals surface area contributed by atoms with Crippen LogP contribution in [0.25, 0.3) is 0 Å². The molecule has 3 rings (SSSR count). The molecule has 0 saturated carbocycles. The summed E-state index contributed by atoms with van der Waals surface area (Å²) in [5, 5.41) is 3.79. The molecule has 6 heteroatoms. The standard InChI is InChI=1S/C15H22N4OS/c1-4-11(5-2)19-12-10(9-17-14(18-12)21-3)8-15(19)6-7-16-13(15)20/h9,11H,4-8H2,1-3H3,(H,16,20). The van der Waals surface area contributed by atoms with Gasteiger partial charge in [0, 0.05) is 30.8 Å². The van der Waals surface area contributed by atoms with Crippen molar-refractivity contribution in [2.45, 2.75) is 56.3 Å². The summed E-state index contributed by atoms with van der Waals surface area (Å²) in [5.74, 6) is 1.12. The Labute approximate surface area is 129 Å². The summed E-state index contributed by atoms with van der Waals surface area (Å²) in [6.45, 7) is 5.12. The highest BCUT2D eigenvalue weighted by Gasteiger charge is 2.54. The van der Waals surface area contributed by atoms with Gasteiger partial charge in [0.2, 0.25) is 5.91 Å². The molecule has 1 fully saturated rings. The molecule has 1 unspecified atom stereocenters. The number of carbonyl (C=O) groups excluding carboxylic acids is 1. The van der Waals surface area contributed by atoms with Gasteiger partial charge in [-0.15, -0.1) is 0 Å². The van der Waals surface area contributed by atoms with Crippen LogP contribution in [0.4, 0.5) is 5.82 Å². The Morgan fingerprint density at radius 2 is 2.24 bits per heavy atom. The molecule has 0 aromatic carbocycles. The maximum absolute atomic E-state index is 12.6. The minimum atomic E-state index is -0.440. The van der Waals surface area contributed by atoms with Gasteiger partial charge in [0.15, 0.2) is 5.16 Å². The fraction of sp³-hybridized carbons (Fsp3) is 0.667. The summed E-state index contributed by atoms with van der Waals surface area (Å²) < 4.78 is 0. The van der Waals surface area contributed by atoms with Gasteiger partial charge in [-0.2, -0.15) is 0 Å². The van der Waals surface area contributed by atoms with Gasteiger partial charge in [0.25, 0.3) is 0 Å². The Morgan fingerprint density at radius 3 is 2.81 bits per heavy atom. The molecular weight excluding hydrogens is 284 g/mol. The third-order valence-electron chi connectivity index (χ3n) is 4.73. The lowest BCUT2D eigenvalue weighted by Crippen LogP contribution is -2.56. The summed E-state index contributed by atoms with van der Waals surface area (Å²) in [6.07, 6.45) is 7.51. The van der Waals surface area contributed by atoms with Crippen molar-refractivity contribution in [3.63, 3.8) is 0 Å². The van der Waals surface area contributed by atoms with Crippen molar-refractivity contribution in [2.75, 3.05) is 17.7 Å². The first-order valence-electron chi connectivity index (χ1n) is 7.63. The molecule has 1 amide bonds. The minimum absolute atomic E-state index is 0.151. The summed E-state index contributed by atoms with van der Waals surface area (Å²) in [7, 11) is 0. The number of rotatable bonds is 4. The molecule has 2 aliphatic rings. The molecule has 1 aromatic heterocycles. The van der Waals surface area contributed by atoms with Crippen LogP contribution in [-0.4, -0.2) is 40.3 Å². The number of hydrogen-bond donors (Lipinski definition) is 1. The average molecular weight is 306 g/mol. The summed E-state index contributed by atoms with van der Waals surface area (Å²) in [5.41, 5.74) is 0.668. The van der Waals surface area contributed by atoms with Gasteiger partial charge in [-0.1, -0.05) is 25.6 Å². The molecule has 2 aliphatic heterocycles. The number of fused-ring (bicyclic) bond motifs is 1. The van der Waals surface area contributed by atoms with Crippen LogP contribution in [0.15, 0.2) is 11.4 Å². The zero-order valence-electron chi connectivity index (χ0n) is 12.8. The number of nitrogens with zero attached hydrogens (tertiary/aromatic N) is 3. The van der Waals surface area contributed by atoms with Crippen LogP contribution >= 0.6 is 11.8 Å². The lowest BCUT2D eigenvalue weighted by Gasteiger charge is -2.39. The van der Waals surface area contributed by atoms with Crippen LogP contribution in [0.5, 0.6) is 0 Å². The predicted octanol–water partition coefficient (Wildman–Crippen LogP) is 2.01. The van der Waals surface area contributed by atoms with Gasteiger partial charge in [0.1, 0.15) is 11.4 Å². The molecule has 1 saturated heterocycles. The van der Waals surface area contributed by atoms with Crippen molar-refractivity contribution in [3.05, 3.63) is 11.8 Å². The monoisotopic (exact) mass is 306 g/mol. The van der Waals surface area contributed by atoms with Gasteiger partial charge >= 0.3 is 0 Å². The molecule has 3 heterocycles. The zero-order valence-corrected chi connectivity index (χ0v) is 13.7. The molecule has 0 aliphatic carbocycles. The number of aromatic nitrogens is 2. The van der Waals surface area contributed by atoms with Crippen molar-refractivity contribution in [2.24, 2.45) is 0 Å². The van der Waals surface area contributed by atoms with Crippen LogP contribution < -0.4 is 10.2 Å². The zero-order chi connectivity index (χ0) is 15.0. The SMILES string of the molecule is CCC(CC)N1c2nc(SC)ncc2CC12CCNC2=O. The Kier molecular flexibility index (Phi) is 3.82. The molecule has 0 radical (unpaired) electrons. The second kappa shape index (κ2) is 5.48. The molecule has 0 bridgehead atoms. The van der Waals surface area contributed by atoms with Gasteiger partial charge in [-0.3, -0.25) is 4.79 Å². The molecule has 21 heavy (non-hydrogen) atoms. The highest BCUT2D eigenvalue weighted by atomic mass is 32.2. The van der Waals surface area contributed by atoms with E-state index in [0.29, 0.717) is 6.04 Å². The summed E-state index contributed by atoms with van der Waals surface area (Å²) in [6, 6.07) is 0.347. The van der Waals surface area contributed by atoms with Crippen LogP contribution in [0.2, 0.25) is 0 Å². The largest absolute Gasteiger partial charge is 0.354 e. The molecule has 5 nitrogen and oxygen atoms in total. The number of anilines is 1. The summed E-state index contributed by atoms with van der Waals surface area (Å²) in [4.78, 5) is 24.0. The molecular formula is C15H22N4OS. The van der Waals surface area contributed by atoms with E-state index in [0.717, 1.165) is 48.8 Å². The van der Waals surface area contributed by atoms with E-state index in [2.05, 4.69) is 29.0 Å². The quantitative estimate of drug-likeness (QED) is 0.681. The van der Waals surface area contributed by atoms with Crippen LogP contribution in [-0.2, 0) is 11.2 Å². The lowest BCUT2D eigenvalue weighted by atomic mass is 9.90. The number of nitrogens with one attached hydrogen (secondary N) is 1. The van der Waals surface area contributed by atoms with Gasteiger partial charge < -0.3 is 10.2 Å². The summed E-state index contributed by atoms with van der Waals surface area (Å²) >= 11 is 1.55. The van der Waals surface area contributed by atoms with E-state index < -0.39 is 5.54 Å². The predicted molar refractivity (Wildman–Crippen MR) is 84.7 cm³/mol. The van der Waals surface area contributed by atoms with E-state index in [1.54, 1.807) is 11.8 Å².